The first-order valence-electron chi connectivity index (χ1n) is 6.25. The van der Waals surface area contributed by atoms with Crippen molar-refractivity contribution in [2.45, 2.75) is 53.0 Å². The molecule has 1 unspecified atom stereocenters. The number of nitrogens with zero attached hydrogens (tertiary/aromatic N) is 1. The number of aromatic nitrogens is 1. The monoisotopic (exact) mass is 240 g/mol. The van der Waals surface area contributed by atoms with Gasteiger partial charge in [0.15, 0.2) is 0 Å². The molecule has 2 nitrogen and oxygen atoms in total. The Bertz CT molecular complexity index is 294. The zero-order valence-electron chi connectivity index (χ0n) is 10.9. The van der Waals surface area contributed by atoms with E-state index in [4.69, 9.17) is 0 Å². The molecule has 0 fully saturated rings. The van der Waals surface area contributed by atoms with Gasteiger partial charge in [-0.1, -0.05) is 26.7 Å². The van der Waals surface area contributed by atoms with Crippen molar-refractivity contribution in [1.29, 1.82) is 0 Å². The van der Waals surface area contributed by atoms with Gasteiger partial charge in [-0.3, -0.25) is 0 Å². The molecule has 0 aromatic carbocycles. The lowest BCUT2D eigenvalue weighted by atomic mass is 10.1. The molecule has 0 amide bonds. The average Bonchev–Trinajstić information content (AvgIpc) is 2.63. The number of thiazole rings is 1. The second-order valence-corrected chi connectivity index (χ2v) is 5.92. The smallest absolute Gasteiger partial charge is 0.0898 e. The van der Waals surface area contributed by atoms with E-state index in [0.29, 0.717) is 6.04 Å². The number of hydrogen-bond donors (Lipinski definition) is 1. The molecule has 1 aromatic heterocycles. The minimum Gasteiger partial charge on any atom is -0.309 e. The quantitative estimate of drug-likeness (QED) is 0.730. The lowest BCUT2D eigenvalue weighted by molar-refractivity contribution is 0.495. The van der Waals surface area contributed by atoms with Crippen LogP contribution in [0, 0.1) is 12.8 Å². The molecule has 0 saturated heterocycles. The van der Waals surface area contributed by atoms with Crippen LogP contribution < -0.4 is 5.32 Å². The zero-order valence-corrected chi connectivity index (χ0v) is 11.7. The second-order valence-electron chi connectivity index (χ2n) is 4.86. The largest absolute Gasteiger partial charge is 0.309 e. The van der Waals surface area contributed by atoms with Gasteiger partial charge in [0, 0.05) is 11.4 Å². The molecule has 92 valence electrons. The van der Waals surface area contributed by atoms with E-state index in [1.807, 2.05) is 0 Å². The van der Waals surface area contributed by atoms with Crippen LogP contribution in [0.15, 0.2) is 5.38 Å². The van der Waals surface area contributed by atoms with Gasteiger partial charge < -0.3 is 5.32 Å². The van der Waals surface area contributed by atoms with E-state index in [2.05, 4.69) is 43.4 Å². The zero-order chi connectivity index (χ0) is 12.0. The molecule has 3 heteroatoms. The van der Waals surface area contributed by atoms with Crippen molar-refractivity contribution in [3.63, 3.8) is 0 Å². The highest BCUT2D eigenvalue weighted by molar-refractivity contribution is 7.09. The molecule has 16 heavy (non-hydrogen) atoms. The SMILES string of the molecule is Cc1nc(C(C)NCCCCC(C)C)cs1. The Hall–Kier alpha value is -0.410. The van der Waals surface area contributed by atoms with Gasteiger partial charge in [0.1, 0.15) is 0 Å². The summed E-state index contributed by atoms with van der Waals surface area (Å²) in [5.41, 5.74) is 1.19. The molecule has 0 radical (unpaired) electrons. The Morgan fingerprint density at radius 2 is 2.06 bits per heavy atom. The summed E-state index contributed by atoms with van der Waals surface area (Å²) in [6.07, 6.45) is 3.94. The number of unbranched alkanes of at least 4 members (excludes halogenated alkanes) is 1. The highest BCUT2D eigenvalue weighted by Crippen LogP contribution is 2.15. The number of nitrogens with one attached hydrogen (secondary N) is 1. The van der Waals surface area contributed by atoms with Crippen molar-refractivity contribution < 1.29 is 0 Å². The van der Waals surface area contributed by atoms with E-state index in [1.165, 1.54) is 25.0 Å². The summed E-state index contributed by atoms with van der Waals surface area (Å²) in [6, 6.07) is 0.393. The molecule has 1 N–H and O–H groups in total. The molecule has 0 aliphatic carbocycles. The molecule has 0 spiro atoms. The van der Waals surface area contributed by atoms with Gasteiger partial charge in [0.05, 0.1) is 10.7 Å². The van der Waals surface area contributed by atoms with Crippen molar-refractivity contribution in [3.8, 4) is 0 Å². The Morgan fingerprint density at radius 1 is 1.31 bits per heavy atom. The summed E-state index contributed by atoms with van der Waals surface area (Å²) in [5.74, 6) is 0.832. The van der Waals surface area contributed by atoms with Gasteiger partial charge in [-0.25, -0.2) is 4.98 Å². The van der Waals surface area contributed by atoms with Crippen LogP contribution in [0.3, 0.4) is 0 Å². The van der Waals surface area contributed by atoms with Crippen molar-refractivity contribution in [2.75, 3.05) is 6.54 Å². The van der Waals surface area contributed by atoms with Crippen molar-refractivity contribution >= 4 is 11.3 Å². The minimum atomic E-state index is 0.393. The number of hydrogen-bond acceptors (Lipinski definition) is 3. The lowest BCUT2D eigenvalue weighted by Crippen LogP contribution is -2.20. The fourth-order valence-electron chi connectivity index (χ4n) is 1.68. The van der Waals surface area contributed by atoms with E-state index < -0.39 is 0 Å². The van der Waals surface area contributed by atoms with E-state index in [0.717, 1.165) is 17.5 Å². The molecule has 0 bridgehead atoms. The summed E-state index contributed by atoms with van der Waals surface area (Å²) in [5, 5.41) is 6.84. The summed E-state index contributed by atoms with van der Waals surface area (Å²) in [4.78, 5) is 4.49. The predicted molar refractivity (Wildman–Crippen MR) is 72.0 cm³/mol. The molecule has 0 aliphatic rings. The lowest BCUT2D eigenvalue weighted by Gasteiger charge is -2.11. The molecule has 0 aliphatic heterocycles. The summed E-state index contributed by atoms with van der Waals surface area (Å²) >= 11 is 1.73. The maximum Gasteiger partial charge on any atom is 0.0898 e. The van der Waals surface area contributed by atoms with E-state index >= 15 is 0 Å². The van der Waals surface area contributed by atoms with E-state index in [-0.39, 0.29) is 0 Å². The van der Waals surface area contributed by atoms with Crippen LogP contribution in [0.5, 0.6) is 0 Å². The van der Waals surface area contributed by atoms with Crippen LogP contribution in [0.1, 0.15) is 56.8 Å². The Labute approximate surface area is 103 Å². The Morgan fingerprint density at radius 3 is 2.62 bits per heavy atom. The predicted octanol–water partition coefficient (Wildman–Crippen LogP) is 3.93. The molecular weight excluding hydrogens is 216 g/mol. The molecular formula is C13H24N2S. The molecule has 0 saturated carbocycles. The normalized spacial score (nSPS) is 13.3. The van der Waals surface area contributed by atoms with Gasteiger partial charge in [-0.05, 0) is 32.7 Å². The van der Waals surface area contributed by atoms with Gasteiger partial charge in [-0.15, -0.1) is 11.3 Å². The first-order valence-corrected chi connectivity index (χ1v) is 7.13. The van der Waals surface area contributed by atoms with Crippen molar-refractivity contribution in [3.05, 3.63) is 16.1 Å². The minimum absolute atomic E-state index is 0.393. The standard InChI is InChI=1S/C13H24N2S/c1-10(2)7-5-6-8-14-11(3)13-9-16-12(4)15-13/h9-11,14H,5-8H2,1-4H3. The van der Waals surface area contributed by atoms with Gasteiger partial charge >= 0.3 is 0 Å². The first kappa shape index (κ1) is 13.7. The second kappa shape index (κ2) is 7.02. The maximum atomic E-state index is 4.49. The fourth-order valence-corrected chi connectivity index (χ4v) is 2.39. The van der Waals surface area contributed by atoms with Gasteiger partial charge in [-0.2, -0.15) is 0 Å². The van der Waals surface area contributed by atoms with Crippen LogP contribution in [0.2, 0.25) is 0 Å². The fraction of sp³-hybridized carbons (Fsp3) is 0.769. The van der Waals surface area contributed by atoms with Crippen LogP contribution >= 0.6 is 11.3 Å². The molecule has 1 atom stereocenters. The number of rotatable bonds is 7. The topological polar surface area (TPSA) is 24.9 Å². The highest BCUT2D eigenvalue weighted by Gasteiger charge is 2.07. The van der Waals surface area contributed by atoms with Crippen LogP contribution in [-0.4, -0.2) is 11.5 Å². The maximum absolute atomic E-state index is 4.49. The van der Waals surface area contributed by atoms with Gasteiger partial charge in [0.2, 0.25) is 0 Å². The van der Waals surface area contributed by atoms with E-state index in [9.17, 15) is 0 Å². The van der Waals surface area contributed by atoms with Crippen molar-refractivity contribution in [2.24, 2.45) is 5.92 Å². The molecule has 1 aromatic rings. The molecule has 1 heterocycles. The third-order valence-corrected chi connectivity index (χ3v) is 3.53. The van der Waals surface area contributed by atoms with Gasteiger partial charge in [0.25, 0.3) is 0 Å². The summed E-state index contributed by atoms with van der Waals surface area (Å²) in [6.45, 7) is 9.92. The Balaban J connectivity index is 2.13. The number of aryl methyl sites for hydroxylation is 1. The van der Waals surface area contributed by atoms with Crippen LogP contribution in [-0.2, 0) is 0 Å². The van der Waals surface area contributed by atoms with E-state index in [1.54, 1.807) is 11.3 Å². The highest BCUT2D eigenvalue weighted by atomic mass is 32.1. The summed E-state index contributed by atoms with van der Waals surface area (Å²) in [7, 11) is 0. The summed E-state index contributed by atoms with van der Waals surface area (Å²) < 4.78 is 0. The Kier molecular flexibility index (Phi) is 5.99. The molecule has 1 rings (SSSR count). The van der Waals surface area contributed by atoms with Crippen molar-refractivity contribution in [1.82, 2.24) is 10.3 Å². The third kappa shape index (κ3) is 5.08. The average molecular weight is 240 g/mol. The first-order chi connectivity index (χ1) is 7.59. The third-order valence-electron chi connectivity index (χ3n) is 2.74. The van der Waals surface area contributed by atoms with Crippen LogP contribution in [0.4, 0.5) is 0 Å². The van der Waals surface area contributed by atoms with Crippen LogP contribution in [0.25, 0.3) is 0 Å².